The van der Waals surface area contributed by atoms with Gasteiger partial charge in [-0.15, -0.1) is 0 Å². The lowest BCUT2D eigenvalue weighted by molar-refractivity contribution is 0.861. The lowest BCUT2D eigenvalue weighted by Crippen LogP contribution is -1.83. The number of nitrogens with one attached hydrogen (secondary N) is 4. The molecular weight excluding hydrogens is 592 g/mol. The minimum absolute atomic E-state index is 1.04. The van der Waals surface area contributed by atoms with E-state index in [1.54, 1.807) is 0 Å². The standard InChI is InChI=1S/4C10H12N2/c4*1-2-5-10-11-8-6-3-4-7-9(8)12-10/h4*3-4,6-7H,2,5H2,1H3,(H,11,12). The third-order valence-corrected chi connectivity index (χ3v) is 7.70. The first-order valence-corrected chi connectivity index (χ1v) is 17.3. The van der Waals surface area contributed by atoms with Crippen LogP contribution in [0.1, 0.15) is 76.7 Å². The third kappa shape index (κ3) is 9.41. The van der Waals surface area contributed by atoms with Crippen LogP contribution in [0.5, 0.6) is 0 Å². The van der Waals surface area contributed by atoms with Crippen LogP contribution >= 0.6 is 0 Å². The summed E-state index contributed by atoms with van der Waals surface area (Å²) in [5, 5.41) is 0. The molecule has 0 unspecified atom stereocenters. The summed E-state index contributed by atoms with van der Waals surface area (Å²) in [6.07, 6.45) is 8.70. The molecule has 8 aromatic rings. The molecule has 0 aliphatic rings. The first-order valence-electron chi connectivity index (χ1n) is 17.3. The van der Waals surface area contributed by atoms with Crippen LogP contribution in [-0.4, -0.2) is 39.9 Å². The number of hydrogen-bond acceptors (Lipinski definition) is 4. The van der Waals surface area contributed by atoms with E-state index >= 15 is 0 Å². The van der Waals surface area contributed by atoms with Gasteiger partial charge in [0.15, 0.2) is 0 Å². The van der Waals surface area contributed by atoms with Gasteiger partial charge in [-0.3, -0.25) is 0 Å². The van der Waals surface area contributed by atoms with Crippen molar-refractivity contribution in [2.75, 3.05) is 0 Å². The number of fused-ring (bicyclic) bond motifs is 4. The number of rotatable bonds is 8. The zero-order chi connectivity index (χ0) is 33.6. The maximum atomic E-state index is 4.45. The summed E-state index contributed by atoms with van der Waals surface area (Å²) >= 11 is 0. The summed E-state index contributed by atoms with van der Waals surface area (Å²) in [6.45, 7) is 8.64. The van der Waals surface area contributed by atoms with E-state index in [0.29, 0.717) is 0 Å². The molecule has 0 aliphatic carbocycles. The summed E-state index contributed by atoms with van der Waals surface area (Å²) in [6, 6.07) is 32.5. The van der Waals surface area contributed by atoms with Crippen molar-refractivity contribution in [3.8, 4) is 0 Å². The average molecular weight is 641 g/mol. The molecule has 248 valence electrons. The Morgan fingerprint density at radius 1 is 0.333 bits per heavy atom. The molecule has 0 spiro atoms. The number of aryl methyl sites for hydroxylation is 4. The highest BCUT2D eigenvalue weighted by Gasteiger charge is 2.01. The Morgan fingerprint density at radius 2 is 0.542 bits per heavy atom. The average Bonchev–Trinajstić information content (AvgIpc) is 3.90. The monoisotopic (exact) mass is 640 g/mol. The van der Waals surface area contributed by atoms with E-state index in [0.717, 1.165) is 119 Å². The van der Waals surface area contributed by atoms with Crippen molar-refractivity contribution in [1.29, 1.82) is 0 Å². The maximum Gasteiger partial charge on any atom is 0.107 e. The fraction of sp³-hybridized carbons (Fsp3) is 0.300. The highest BCUT2D eigenvalue weighted by atomic mass is 14.9. The van der Waals surface area contributed by atoms with Crippen molar-refractivity contribution in [3.63, 3.8) is 0 Å². The van der Waals surface area contributed by atoms with Crippen LogP contribution in [0.4, 0.5) is 0 Å². The van der Waals surface area contributed by atoms with Crippen molar-refractivity contribution >= 4 is 44.1 Å². The fourth-order valence-corrected chi connectivity index (χ4v) is 5.44. The minimum atomic E-state index is 1.04. The Labute approximate surface area is 282 Å². The second-order valence-corrected chi connectivity index (χ2v) is 11.8. The predicted octanol–water partition coefficient (Wildman–Crippen LogP) is 10.1. The van der Waals surface area contributed by atoms with Gasteiger partial charge in [0.25, 0.3) is 0 Å². The van der Waals surface area contributed by atoms with E-state index in [9.17, 15) is 0 Å². The molecule has 0 saturated carbocycles. The smallest absolute Gasteiger partial charge is 0.107 e. The van der Waals surface area contributed by atoms with E-state index in [4.69, 9.17) is 0 Å². The first kappa shape index (κ1) is 34.1. The molecule has 0 atom stereocenters. The van der Waals surface area contributed by atoms with Gasteiger partial charge in [0.1, 0.15) is 23.3 Å². The number of imidazole rings is 4. The molecule has 0 saturated heterocycles. The Bertz CT molecular complexity index is 1680. The van der Waals surface area contributed by atoms with Gasteiger partial charge in [-0.25, -0.2) is 19.9 Å². The SMILES string of the molecule is CCCc1nc2ccccc2[nH]1.CCCc1nc2ccccc2[nH]1.CCCc1nc2ccccc2[nH]1.CCCc1nc2ccccc2[nH]1. The van der Waals surface area contributed by atoms with Crippen molar-refractivity contribution in [2.45, 2.75) is 79.1 Å². The quantitative estimate of drug-likeness (QED) is 0.132. The molecule has 8 nitrogen and oxygen atoms in total. The van der Waals surface area contributed by atoms with Crippen molar-refractivity contribution in [3.05, 3.63) is 120 Å². The number of nitrogens with zero attached hydrogens (tertiary/aromatic N) is 4. The minimum Gasteiger partial charge on any atom is -0.342 e. The van der Waals surface area contributed by atoms with Crippen LogP contribution < -0.4 is 0 Å². The lowest BCUT2D eigenvalue weighted by Gasteiger charge is -1.86. The molecule has 8 rings (SSSR count). The van der Waals surface area contributed by atoms with Crippen LogP contribution in [0, 0.1) is 0 Å². The molecule has 48 heavy (non-hydrogen) atoms. The summed E-state index contributed by atoms with van der Waals surface area (Å²) in [5.41, 5.74) is 8.84. The van der Waals surface area contributed by atoms with Gasteiger partial charge in [-0.05, 0) is 74.2 Å². The van der Waals surface area contributed by atoms with Gasteiger partial charge < -0.3 is 19.9 Å². The predicted molar refractivity (Wildman–Crippen MR) is 200 cm³/mol. The molecule has 4 heterocycles. The third-order valence-electron chi connectivity index (χ3n) is 7.70. The largest absolute Gasteiger partial charge is 0.342 e. The summed E-state index contributed by atoms with van der Waals surface area (Å²) in [5.74, 6) is 4.38. The van der Waals surface area contributed by atoms with Gasteiger partial charge in [-0.2, -0.15) is 0 Å². The van der Waals surface area contributed by atoms with Gasteiger partial charge in [-0.1, -0.05) is 76.2 Å². The Balaban J connectivity index is 0.000000125. The molecule has 4 aromatic carbocycles. The number of H-pyrrole nitrogens is 4. The van der Waals surface area contributed by atoms with Gasteiger partial charge >= 0.3 is 0 Å². The van der Waals surface area contributed by atoms with Gasteiger partial charge in [0.2, 0.25) is 0 Å². The van der Waals surface area contributed by atoms with Crippen LogP contribution in [0.2, 0.25) is 0 Å². The van der Waals surface area contributed by atoms with E-state index in [-0.39, 0.29) is 0 Å². The maximum absolute atomic E-state index is 4.45. The zero-order valence-electron chi connectivity index (χ0n) is 28.7. The number of hydrogen-bond donors (Lipinski definition) is 4. The fourth-order valence-electron chi connectivity index (χ4n) is 5.44. The van der Waals surface area contributed by atoms with Crippen molar-refractivity contribution < 1.29 is 0 Å². The second-order valence-electron chi connectivity index (χ2n) is 11.8. The topological polar surface area (TPSA) is 115 Å². The number of benzene rings is 4. The van der Waals surface area contributed by atoms with Gasteiger partial charge in [0.05, 0.1) is 44.1 Å². The molecule has 0 amide bonds. The summed E-state index contributed by atoms with van der Waals surface area (Å²) < 4.78 is 0. The van der Waals surface area contributed by atoms with Crippen LogP contribution in [-0.2, 0) is 25.7 Å². The molecule has 4 aromatic heterocycles. The second kappa shape index (κ2) is 17.6. The molecule has 0 bridgehead atoms. The zero-order valence-corrected chi connectivity index (χ0v) is 28.7. The van der Waals surface area contributed by atoms with E-state index in [1.807, 2.05) is 72.8 Å². The highest BCUT2D eigenvalue weighted by Crippen LogP contribution is 2.13. The summed E-state index contributed by atoms with van der Waals surface area (Å²) in [4.78, 5) is 30.9. The summed E-state index contributed by atoms with van der Waals surface area (Å²) in [7, 11) is 0. The van der Waals surface area contributed by atoms with Crippen LogP contribution in [0.15, 0.2) is 97.1 Å². The molecule has 0 radical (unpaired) electrons. The van der Waals surface area contributed by atoms with Crippen LogP contribution in [0.25, 0.3) is 44.1 Å². The Morgan fingerprint density at radius 3 is 0.729 bits per heavy atom. The number of para-hydroxylation sites is 8. The number of aromatic nitrogens is 8. The van der Waals surface area contributed by atoms with Crippen molar-refractivity contribution in [1.82, 2.24) is 39.9 Å². The Hall–Kier alpha value is -5.24. The van der Waals surface area contributed by atoms with E-state index < -0.39 is 0 Å². The normalized spacial score (nSPS) is 10.8. The lowest BCUT2D eigenvalue weighted by atomic mass is 10.3. The molecule has 0 fully saturated rings. The first-order chi connectivity index (χ1) is 23.6. The molecule has 0 aliphatic heterocycles. The molecule has 4 N–H and O–H groups in total. The van der Waals surface area contributed by atoms with Gasteiger partial charge in [0, 0.05) is 25.7 Å². The molecular formula is C40H48N8. The number of aromatic amines is 4. The van der Waals surface area contributed by atoms with E-state index in [1.165, 1.54) is 0 Å². The highest BCUT2D eigenvalue weighted by molar-refractivity contribution is 5.76. The van der Waals surface area contributed by atoms with Crippen molar-refractivity contribution in [2.24, 2.45) is 0 Å². The Kier molecular flexibility index (Phi) is 12.5. The van der Waals surface area contributed by atoms with E-state index in [2.05, 4.69) is 91.8 Å². The van der Waals surface area contributed by atoms with Crippen LogP contribution in [0.3, 0.4) is 0 Å². The molecule has 8 heteroatoms.